The lowest BCUT2D eigenvalue weighted by Gasteiger charge is -2.19. The van der Waals surface area contributed by atoms with Crippen LogP contribution in [0.2, 0.25) is 5.02 Å². The first kappa shape index (κ1) is 16.0. The molecule has 0 radical (unpaired) electrons. The normalized spacial score (nSPS) is 12.6. The van der Waals surface area contributed by atoms with Crippen LogP contribution < -0.4 is 5.32 Å². The molecule has 0 saturated carbocycles. The molecule has 0 fully saturated rings. The molecule has 0 aliphatic heterocycles. The molecule has 0 saturated heterocycles. The lowest BCUT2D eigenvalue weighted by Crippen LogP contribution is -2.34. The number of hydrogen-bond acceptors (Lipinski definition) is 2. The molecule has 1 N–H and O–H groups in total. The van der Waals surface area contributed by atoms with E-state index >= 15 is 0 Å². The van der Waals surface area contributed by atoms with Crippen LogP contribution >= 0.6 is 11.6 Å². The highest BCUT2D eigenvalue weighted by molar-refractivity contribution is 6.31. The van der Waals surface area contributed by atoms with Gasteiger partial charge in [0.15, 0.2) is 0 Å². The summed E-state index contributed by atoms with van der Waals surface area (Å²) >= 11 is 6.13. The highest BCUT2D eigenvalue weighted by Gasteiger charge is 2.16. The molecule has 0 aliphatic carbocycles. The maximum atomic E-state index is 13.9. The van der Waals surface area contributed by atoms with Gasteiger partial charge in [0.25, 0.3) is 0 Å². The maximum Gasteiger partial charge on any atom is 0.127 e. The third kappa shape index (κ3) is 4.05. The van der Waals surface area contributed by atoms with Crippen LogP contribution in [0.25, 0.3) is 0 Å². The number of nitrogens with zero attached hydrogens (tertiary/aromatic N) is 2. The van der Waals surface area contributed by atoms with Crippen LogP contribution in [0.15, 0.2) is 24.3 Å². The minimum absolute atomic E-state index is 0.124. The van der Waals surface area contributed by atoms with Gasteiger partial charge in [-0.3, -0.25) is 4.68 Å². The van der Waals surface area contributed by atoms with Crippen molar-refractivity contribution in [1.82, 2.24) is 15.1 Å². The molecule has 2 rings (SSSR count). The van der Waals surface area contributed by atoms with E-state index in [1.807, 2.05) is 25.6 Å². The molecule has 21 heavy (non-hydrogen) atoms. The average molecular weight is 310 g/mol. The third-order valence-corrected chi connectivity index (χ3v) is 3.91. The van der Waals surface area contributed by atoms with E-state index < -0.39 is 0 Å². The van der Waals surface area contributed by atoms with E-state index in [-0.39, 0.29) is 11.9 Å². The van der Waals surface area contributed by atoms with Gasteiger partial charge < -0.3 is 5.32 Å². The Morgan fingerprint density at radius 3 is 2.71 bits per heavy atom. The van der Waals surface area contributed by atoms with Crippen LogP contribution in [0, 0.1) is 12.7 Å². The highest BCUT2D eigenvalue weighted by atomic mass is 35.5. The smallest absolute Gasteiger partial charge is 0.127 e. The van der Waals surface area contributed by atoms with Gasteiger partial charge >= 0.3 is 0 Å². The summed E-state index contributed by atoms with van der Waals surface area (Å²) in [6, 6.07) is 7.01. The molecule has 5 heteroatoms. The van der Waals surface area contributed by atoms with Gasteiger partial charge in [0.05, 0.1) is 5.69 Å². The third-order valence-electron chi connectivity index (χ3n) is 3.56. The molecule has 0 amide bonds. The molecule has 114 valence electrons. The monoisotopic (exact) mass is 309 g/mol. The van der Waals surface area contributed by atoms with E-state index in [4.69, 9.17) is 11.6 Å². The van der Waals surface area contributed by atoms with Crippen LogP contribution in [0.4, 0.5) is 4.39 Å². The Balaban J connectivity index is 2.17. The molecule has 2 aromatic rings. The molecule has 1 aromatic heterocycles. The van der Waals surface area contributed by atoms with Crippen molar-refractivity contribution in [2.45, 2.75) is 32.7 Å². The number of aryl methyl sites for hydroxylation is 2. The molecule has 0 spiro atoms. The molecule has 3 nitrogen and oxygen atoms in total. The van der Waals surface area contributed by atoms with Gasteiger partial charge in [-0.2, -0.15) is 5.10 Å². The van der Waals surface area contributed by atoms with Crippen LogP contribution in [0.5, 0.6) is 0 Å². The lowest BCUT2D eigenvalue weighted by atomic mass is 10.0. The summed E-state index contributed by atoms with van der Waals surface area (Å²) < 4.78 is 15.8. The largest absolute Gasteiger partial charge is 0.314 e. The molecule has 1 aromatic carbocycles. The van der Waals surface area contributed by atoms with Crippen molar-refractivity contribution in [2.75, 3.05) is 6.54 Å². The van der Waals surface area contributed by atoms with Crippen molar-refractivity contribution >= 4 is 11.6 Å². The summed E-state index contributed by atoms with van der Waals surface area (Å²) in [7, 11) is 1.93. The quantitative estimate of drug-likeness (QED) is 0.887. The lowest BCUT2D eigenvalue weighted by molar-refractivity contribution is 0.492. The molecule has 0 aliphatic rings. The van der Waals surface area contributed by atoms with E-state index in [2.05, 4.69) is 16.5 Å². The van der Waals surface area contributed by atoms with Gasteiger partial charge in [0.1, 0.15) is 5.82 Å². The maximum absolute atomic E-state index is 13.9. The van der Waals surface area contributed by atoms with Crippen molar-refractivity contribution < 1.29 is 4.39 Å². The van der Waals surface area contributed by atoms with Gasteiger partial charge in [-0.05, 0) is 38.1 Å². The number of halogens is 2. The second kappa shape index (κ2) is 7.05. The zero-order valence-electron chi connectivity index (χ0n) is 12.7. The Bertz CT molecular complexity index is 589. The van der Waals surface area contributed by atoms with Crippen LogP contribution in [-0.2, 0) is 19.9 Å². The minimum Gasteiger partial charge on any atom is -0.314 e. The van der Waals surface area contributed by atoms with Crippen molar-refractivity contribution in [3.63, 3.8) is 0 Å². The fraction of sp³-hybridized carbons (Fsp3) is 0.438. The van der Waals surface area contributed by atoms with Gasteiger partial charge in [0, 0.05) is 35.8 Å². The number of aromatic nitrogens is 2. The van der Waals surface area contributed by atoms with E-state index in [0.29, 0.717) is 17.0 Å². The Hall–Kier alpha value is -1.39. The first-order valence-electron chi connectivity index (χ1n) is 7.17. The second-order valence-electron chi connectivity index (χ2n) is 5.26. The Morgan fingerprint density at radius 1 is 1.38 bits per heavy atom. The topological polar surface area (TPSA) is 29.9 Å². The van der Waals surface area contributed by atoms with E-state index in [9.17, 15) is 4.39 Å². The standard InChI is InChI=1S/C16H21ClFN3/c1-4-19-12(9-13-8-11(2)20-21(13)3)10-14-15(17)6-5-7-16(14)18/h5-8,12,19H,4,9-10H2,1-3H3. The zero-order chi connectivity index (χ0) is 15.4. The summed E-state index contributed by atoms with van der Waals surface area (Å²) in [6.45, 7) is 4.84. The first-order valence-corrected chi connectivity index (χ1v) is 7.54. The van der Waals surface area contributed by atoms with Crippen molar-refractivity contribution in [1.29, 1.82) is 0 Å². The number of likely N-dealkylation sites (N-methyl/N-ethyl adjacent to an activating group) is 1. The van der Waals surface area contributed by atoms with Crippen molar-refractivity contribution in [3.05, 3.63) is 52.1 Å². The molecular weight excluding hydrogens is 289 g/mol. The van der Waals surface area contributed by atoms with E-state index in [1.54, 1.807) is 12.1 Å². The Morgan fingerprint density at radius 2 is 2.14 bits per heavy atom. The Kier molecular flexibility index (Phi) is 5.37. The summed E-state index contributed by atoms with van der Waals surface area (Å²) in [5, 5.41) is 8.24. The summed E-state index contributed by atoms with van der Waals surface area (Å²) in [5.41, 5.74) is 2.70. The SMILES string of the molecule is CCNC(Cc1c(F)cccc1Cl)Cc1cc(C)nn1C. The number of benzene rings is 1. The zero-order valence-corrected chi connectivity index (χ0v) is 13.4. The summed E-state index contributed by atoms with van der Waals surface area (Å²) in [5.74, 6) is -0.244. The first-order chi connectivity index (χ1) is 10.0. The second-order valence-corrected chi connectivity index (χ2v) is 5.67. The van der Waals surface area contributed by atoms with Crippen LogP contribution in [0.3, 0.4) is 0 Å². The molecular formula is C16H21ClFN3. The predicted octanol–water partition coefficient (Wildman–Crippen LogP) is 3.28. The van der Waals surface area contributed by atoms with Crippen LogP contribution in [0.1, 0.15) is 23.9 Å². The number of nitrogens with one attached hydrogen (secondary N) is 1. The van der Waals surface area contributed by atoms with Gasteiger partial charge in [-0.25, -0.2) is 4.39 Å². The van der Waals surface area contributed by atoms with Gasteiger partial charge in [0.2, 0.25) is 0 Å². The number of hydrogen-bond donors (Lipinski definition) is 1. The highest BCUT2D eigenvalue weighted by Crippen LogP contribution is 2.21. The fourth-order valence-corrected chi connectivity index (χ4v) is 2.83. The van der Waals surface area contributed by atoms with Crippen molar-refractivity contribution in [2.24, 2.45) is 7.05 Å². The predicted molar refractivity (Wildman–Crippen MR) is 84.2 cm³/mol. The van der Waals surface area contributed by atoms with Crippen molar-refractivity contribution in [3.8, 4) is 0 Å². The van der Waals surface area contributed by atoms with E-state index in [0.717, 1.165) is 24.4 Å². The summed E-state index contributed by atoms with van der Waals surface area (Å²) in [6.07, 6.45) is 1.35. The minimum atomic E-state index is -0.244. The van der Waals surface area contributed by atoms with E-state index in [1.165, 1.54) is 6.07 Å². The molecule has 0 bridgehead atoms. The van der Waals surface area contributed by atoms with Gasteiger partial charge in [-0.15, -0.1) is 0 Å². The Labute approximate surface area is 130 Å². The van der Waals surface area contributed by atoms with Crippen LogP contribution in [-0.4, -0.2) is 22.4 Å². The fourth-order valence-electron chi connectivity index (χ4n) is 2.59. The average Bonchev–Trinajstić information content (AvgIpc) is 2.72. The summed E-state index contributed by atoms with van der Waals surface area (Å²) in [4.78, 5) is 0. The van der Waals surface area contributed by atoms with Gasteiger partial charge in [-0.1, -0.05) is 24.6 Å². The molecule has 1 heterocycles. The number of rotatable bonds is 6. The molecule has 1 atom stereocenters. The molecule has 1 unspecified atom stereocenters.